The van der Waals surface area contributed by atoms with Gasteiger partial charge in [0.05, 0.1) is 18.2 Å². The molecule has 0 aliphatic heterocycles. The van der Waals surface area contributed by atoms with Crippen molar-refractivity contribution in [2.45, 2.75) is 76.9 Å². The third-order valence-electron chi connectivity index (χ3n) is 6.40. The Morgan fingerprint density at radius 2 is 1.51 bits per heavy atom. The van der Waals surface area contributed by atoms with Gasteiger partial charge in [0.1, 0.15) is 12.1 Å². The van der Waals surface area contributed by atoms with Gasteiger partial charge in [0.15, 0.2) is 6.04 Å². The summed E-state index contributed by atoms with van der Waals surface area (Å²) >= 11 is 0. The Labute approximate surface area is 215 Å². The lowest BCUT2D eigenvalue weighted by Crippen LogP contribution is -2.61. The molecule has 0 saturated carbocycles. The lowest BCUT2D eigenvalue weighted by molar-refractivity contribution is -0.146. The molecule has 1 heterocycles. The van der Waals surface area contributed by atoms with Gasteiger partial charge in [-0.3, -0.25) is 14.4 Å². The van der Waals surface area contributed by atoms with Crippen LogP contribution in [0, 0.1) is 5.92 Å². The first kappa shape index (κ1) is 29.7. The van der Waals surface area contributed by atoms with Crippen LogP contribution < -0.4 is 21.7 Å². The number of nitrogens with one attached hydrogen (secondary N) is 4. The number of para-hydroxylation sites is 1. The molecule has 9 N–H and O–H groups in total. The molecule has 7 unspecified atom stereocenters. The summed E-state index contributed by atoms with van der Waals surface area (Å²) < 4.78 is 0. The van der Waals surface area contributed by atoms with E-state index in [9.17, 15) is 34.5 Å². The van der Waals surface area contributed by atoms with Crippen molar-refractivity contribution in [3.8, 4) is 0 Å². The molecule has 12 heteroatoms. The Morgan fingerprint density at radius 1 is 0.919 bits per heavy atom. The number of carbonyl (C=O) groups is 4. The highest BCUT2D eigenvalue weighted by molar-refractivity contribution is 5.95. The van der Waals surface area contributed by atoms with Crippen molar-refractivity contribution in [2.24, 2.45) is 11.7 Å². The summed E-state index contributed by atoms with van der Waals surface area (Å²) in [4.78, 5) is 53.4. The molecule has 0 saturated heterocycles. The van der Waals surface area contributed by atoms with Crippen LogP contribution in [0.4, 0.5) is 0 Å². The van der Waals surface area contributed by atoms with Crippen molar-refractivity contribution in [1.29, 1.82) is 0 Å². The highest BCUT2D eigenvalue weighted by atomic mass is 16.4. The first-order valence-corrected chi connectivity index (χ1v) is 12.2. The Hall–Kier alpha value is -3.48. The quantitative estimate of drug-likeness (QED) is 0.171. The molecular weight excluding hydrogens is 482 g/mol. The van der Waals surface area contributed by atoms with Crippen molar-refractivity contribution in [3.05, 3.63) is 36.0 Å². The number of nitrogens with two attached hydrogens (primary N) is 1. The fourth-order valence-electron chi connectivity index (χ4n) is 3.80. The molecule has 2 rings (SSSR count). The average Bonchev–Trinajstić information content (AvgIpc) is 3.26. The van der Waals surface area contributed by atoms with Crippen LogP contribution in [0.15, 0.2) is 30.5 Å². The predicted molar refractivity (Wildman–Crippen MR) is 136 cm³/mol. The van der Waals surface area contributed by atoms with E-state index in [4.69, 9.17) is 5.73 Å². The van der Waals surface area contributed by atoms with E-state index >= 15 is 0 Å². The summed E-state index contributed by atoms with van der Waals surface area (Å²) in [6.45, 7) is 6.13. The molecule has 0 bridgehead atoms. The van der Waals surface area contributed by atoms with Gasteiger partial charge in [0.2, 0.25) is 17.7 Å². The minimum absolute atomic E-state index is 0.0500. The smallest absolute Gasteiger partial charge is 0.328 e. The lowest BCUT2D eigenvalue weighted by atomic mass is 9.98. The van der Waals surface area contributed by atoms with Gasteiger partial charge >= 0.3 is 5.97 Å². The number of aliphatic hydroxyl groups excluding tert-OH is 2. The van der Waals surface area contributed by atoms with Gasteiger partial charge in [0.25, 0.3) is 0 Å². The van der Waals surface area contributed by atoms with Crippen LogP contribution in [-0.2, 0) is 25.6 Å². The van der Waals surface area contributed by atoms with E-state index in [0.717, 1.165) is 16.5 Å². The standard InChI is InChI=1S/C25H37N5O7/c1-5-12(2)19(26)23(34)28-18(10-15-11-27-17-9-7-6-8-16(15)17)22(33)29-20(13(3)31)24(35)30-21(14(4)32)25(36)37/h6-9,11-14,18-21,27,31-32H,5,10,26H2,1-4H3,(H,28,34)(H,29,33)(H,30,35)(H,36,37). The van der Waals surface area contributed by atoms with E-state index < -0.39 is 60.1 Å². The highest BCUT2D eigenvalue weighted by Crippen LogP contribution is 2.19. The van der Waals surface area contributed by atoms with E-state index in [0.29, 0.717) is 6.42 Å². The maximum absolute atomic E-state index is 13.3. The zero-order valence-corrected chi connectivity index (χ0v) is 21.4. The number of aliphatic hydroxyl groups is 2. The molecule has 0 aliphatic carbocycles. The molecule has 0 fully saturated rings. The van der Waals surface area contributed by atoms with Crippen LogP contribution in [0.2, 0.25) is 0 Å². The molecule has 0 radical (unpaired) electrons. The Morgan fingerprint density at radius 3 is 2.08 bits per heavy atom. The number of rotatable bonds is 13. The van der Waals surface area contributed by atoms with Crippen LogP contribution in [-0.4, -0.2) is 80.4 Å². The predicted octanol–water partition coefficient (Wildman–Crippen LogP) is -0.616. The summed E-state index contributed by atoms with van der Waals surface area (Å²) in [5.74, 6) is -3.97. The Balaban J connectivity index is 2.31. The lowest BCUT2D eigenvalue weighted by Gasteiger charge is -2.27. The summed E-state index contributed by atoms with van der Waals surface area (Å²) in [7, 11) is 0. The van der Waals surface area contributed by atoms with Crippen LogP contribution in [0.3, 0.4) is 0 Å². The minimum atomic E-state index is -1.65. The van der Waals surface area contributed by atoms with Crippen molar-refractivity contribution in [3.63, 3.8) is 0 Å². The molecule has 0 spiro atoms. The van der Waals surface area contributed by atoms with Gasteiger partial charge in [-0.05, 0) is 31.4 Å². The highest BCUT2D eigenvalue weighted by Gasteiger charge is 2.34. The second-order valence-electron chi connectivity index (χ2n) is 9.33. The number of aromatic amines is 1. The van der Waals surface area contributed by atoms with Crippen LogP contribution in [0.25, 0.3) is 10.9 Å². The molecule has 12 nitrogen and oxygen atoms in total. The number of carboxylic acids is 1. The summed E-state index contributed by atoms with van der Waals surface area (Å²) in [6.07, 6.45) is -0.437. The molecule has 0 aliphatic rings. The zero-order chi connectivity index (χ0) is 27.9. The number of aromatic nitrogens is 1. The summed E-state index contributed by atoms with van der Waals surface area (Å²) in [5, 5.41) is 37.1. The monoisotopic (exact) mass is 519 g/mol. The molecule has 204 valence electrons. The van der Waals surface area contributed by atoms with Crippen molar-refractivity contribution < 1.29 is 34.5 Å². The van der Waals surface area contributed by atoms with E-state index in [1.165, 1.54) is 13.8 Å². The van der Waals surface area contributed by atoms with Gasteiger partial charge in [-0.2, -0.15) is 0 Å². The first-order valence-electron chi connectivity index (χ1n) is 12.2. The Kier molecular flexibility index (Phi) is 10.6. The van der Waals surface area contributed by atoms with Gasteiger partial charge < -0.3 is 42.0 Å². The minimum Gasteiger partial charge on any atom is -0.480 e. The molecule has 1 aromatic heterocycles. The summed E-state index contributed by atoms with van der Waals surface area (Å²) in [6, 6.07) is 2.16. The number of fused-ring (bicyclic) bond motifs is 1. The molecule has 2 aromatic rings. The molecule has 37 heavy (non-hydrogen) atoms. The van der Waals surface area contributed by atoms with Gasteiger partial charge in [-0.25, -0.2) is 4.79 Å². The largest absolute Gasteiger partial charge is 0.480 e. The Bertz CT molecular complexity index is 1100. The number of carboxylic acid groups (broad SMARTS) is 1. The van der Waals surface area contributed by atoms with E-state index in [1.54, 1.807) is 6.20 Å². The number of benzene rings is 1. The van der Waals surface area contributed by atoms with E-state index in [2.05, 4.69) is 20.9 Å². The van der Waals surface area contributed by atoms with Gasteiger partial charge in [0, 0.05) is 23.5 Å². The average molecular weight is 520 g/mol. The number of carbonyl (C=O) groups excluding carboxylic acids is 3. The van der Waals surface area contributed by atoms with Crippen LogP contribution in [0.1, 0.15) is 39.7 Å². The normalized spacial score (nSPS) is 17.1. The number of aliphatic carboxylic acids is 1. The van der Waals surface area contributed by atoms with Crippen molar-refractivity contribution >= 4 is 34.6 Å². The summed E-state index contributed by atoms with van der Waals surface area (Å²) in [5.41, 5.74) is 7.62. The fraction of sp³-hybridized carbons (Fsp3) is 0.520. The van der Waals surface area contributed by atoms with Gasteiger partial charge in [-0.15, -0.1) is 0 Å². The van der Waals surface area contributed by atoms with E-state index in [-0.39, 0.29) is 12.3 Å². The third kappa shape index (κ3) is 7.75. The number of H-pyrrole nitrogens is 1. The zero-order valence-electron chi connectivity index (χ0n) is 21.4. The molecule has 7 atom stereocenters. The maximum atomic E-state index is 13.3. The number of hydrogen-bond donors (Lipinski definition) is 8. The van der Waals surface area contributed by atoms with Crippen molar-refractivity contribution in [1.82, 2.24) is 20.9 Å². The van der Waals surface area contributed by atoms with Crippen molar-refractivity contribution in [2.75, 3.05) is 0 Å². The molecular formula is C25H37N5O7. The molecule has 3 amide bonds. The SMILES string of the molecule is CCC(C)C(N)C(=O)NC(Cc1c[nH]c2ccccc12)C(=O)NC(C(=O)NC(C(=O)O)C(C)O)C(C)O. The maximum Gasteiger partial charge on any atom is 0.328 e. The van der Waals surface area contributed by atoms with Crippen LogP contribution >= 0.6 is 0 Å². The molecule has 1 aromatic carbocycles. The van der Waals surface area contributed by atoms with E-state index in [1.807, 2.05) is 38.1 Å². The van der Waals surface area contributed by atoms with Gasteiger partial charge in [-0.1, -0.05) is 38.5 Å². The number of amides is 3. The first-order chi connectivity index (χ1) is 17.4. The second kappa shape index (κ2) is 13.2. The number of hydrogen-bond acceptors (Lipinski definition) is 7. The third-order valence-corrected chi connectivity index (χ3v) is 6.40. The van der Waals surface area contributed by atoms with Crippen LogP contribution in [0.5, 0.6) is 0 Å². The fourth-order valence-corrected chi connectivity index (χ4v) is 3.80. The topological polar surface area (TPSA) is 207 Å². The second-order valence-corrected chi connectivity index (χ2v) is 9.33.